The molecule has 0 saturated carbocycles. The molecule has 2 aliphatic heterocycles. The molecule has 4 aromatic carbocycles. The third-order valence-corrected chi connectivity index (χ3v) is 9.74. The lowest BCUT2D eigenvalue weighted by Crippen LogP contribution is -2.39. The molecule has 16 heteroatoms. The molecule has 0 bridgehead atoms. The first-order chi connectivity index (χ1) is 27.1. The highest BCUT2D eigenvalue weighted by molar-refractivity contribution is 6.10. The van der Waals surface area contributed by atoms with Gasteiger partial charge in [0.2, 0.25) is 0 Å². The second-order valence-corrected chi connectivity index (χ2v) is 12.9. The lowest BCUT2D eigenvalue weighted by Gasteiger charge is -2.28. The summed E-state index contributed by atoms with van der Waals surface area (Å²) in [4.78, 5) is 55.6. The molecule has 0 unspecified atom stereocenters. The fraction of sp³-hybridized carbons (Fsp3) is 0.150. The van der Waals surface area contributed by atoms with Gasteiger partial charge in [-0.25, -0.2) is 9.36 Å². The number of methoxy groups -OCH3 is 2. The number of amides is 4. The zero-order chi connectivity index (χ0) is 39.1. The van der Waals surface area contributed by atoms with Crippen molar-refractivity contribution in [2.75, 3.05) is 37.1 Å². The Bertz CT molecular complexity index is 2360. The predicted molar refractivity (Wildman–Crippen MR) is 205 cm³/mol. The normalized spacial score (nSPS) is 13.8. The zero-order valence-electron chi connectivity index (χ0n) is 30.2. The summed E-state index contributed by atoms with van der Waals surface area (Å²) >= 11 is 0. The van der Waals surface area contributed by atoms with Crippen LogP contribution < -0.4 is 30.7 Å². The van der Waals surface area contributed by atoms with Gasteiger partial charge in [0.05, 0.1) is 37.0 Å². The summed E-state index contributed by atoms with van der Waals surface area (Å²) in [5.74, 6) is -0.772. The van der Waals surface area contributed by atoms with Crippen LogP contribution in [0.5, 0.6) is 11.5 Å². The minimum atomic E-state index is -0.702. The van der Waals surface area contributed by atoms with Crippen LogP contribution in [0.25, 0.3) is 11.4 Å². The maximum absolute atomic E-state index is 13.9. The lowest BCUT2D eigenvalue weighted by molar-refractivity contribution is 0.0964. The first-order valence-electron chi connectivity index (χ1n) is 17.5. The molecule has 2 aliphatic rings. The van der Waals surface area contributed by atoms with Crippen molar-refractivity contribution in [3.05, 3.63) is 131 Å². The highest BCUT2D eigenvalue weighted by Crippen LogP contribution is 2.33. The van der Waals surface area contributed by atoms with E-state index in [1.807, 2.05) is 0 Å². The standard InChI is InChI=1S/C40H34N10O6/c1-55-29-15-11-27(12-16-29)49-35-31(33(45-49)37(41)51)19-21-47(39(35)53)25-7-3-23(4-8-25)43-44-24-5-9-26(10-6-24)48-22-20-32-34(38(42)52)46-50(36(32)40(48)54)28-13-17-30(56-2)18-14-28/h3-18H,19-22H2,1-2H3,(H2,41,51)(H2,42,52)/b44-43-. The molecule has 0 radical (unpaired) electrons. The van der Waals surface area contributed by atoms with Crippen LogP contribution >= 0.6 is 0 Å². The number of benzene rings is 4. The maximum Gasteiger partial charge on any atom is 0.277 e. The van der Waals surface area contributed by atoms with Gasteiger partial charge < -0.3 is 30.7 Å². The van der Waals surface area contributed by atoms with E-state index >= 15 is 0 Å². The Kier molecular flexibility index (Phi) is 9.05. The van der Waals surface area contributed by atoms with E-state index in [9.17, 15) is 19.2 Å². The first-order valence-corrected chi connectivity index (χ1v) is 17.5. The summed E-state index contributed by atoms with van der Waals surface area (Å²) in [7, 11) is 3.12. The fourth-order valence-corrected chi connectivity index (χ4v) is 6.94. The van der Waals surface area contributed by atoms with Gasteiger partial charge in [0.25, 0.3) is 23.6 Å². The number of ether oxygens (including phenoxy) is 2. The summed E-state index contributed by atoms with van der Waals surface area (Å²) in [5.41, 5.74) is 16.5. The molecule has 0 spiro atoms. The van der Waals surface area contributed by atoms with Crippen molar-refractivity contribution in [2.45, 2.75) is 12.8 Å². The number of hydrogen-bond donors (Lipinski definition) is 2. The van der Waals surface area contributed by atoms with E-state index in [-0.39, 0.29) is 34.6 Å². The van der Waals surface area contributed by atoms with E-state index in [2.05, 4.69) is 20.4 Å². The van der Waals surface area contributed by atoms with Crippen molar-refractivity contribution < 1.29 is 28.7 Å². The third-order valence-electron chi connectivity index (χ3n) is 9.74. The van der Waals surface area contributed by atoms with Gasteiger partial charge in [-0.1, -0.05) is 0 Å². The topological polar surface area (TPSA) is 206 Å². The molecule has 0 atom stereocenters. The van der Waals surface area contributed by atoms with Crippen LogP contribution in [0.3, 0.4) is 0 Å². The minimum absolute atomic E-state index is 0.0697. The molecule has 280 valence electrons. The van der Waals surface area contributed by atoms with Crippen LogP contribution in [-0.2, 0) is 12.8 Å². The van der Waals surface area contributed by atoms with Crippen molar-refractivity contribution in [1.82, 2.24) is 19.6 Å². The summed E-state index contributed by atoms with van der Waals surface area (Å²) in [6, 6.07) is 28.1. The molecule has 16 nitrogen and oxygen atoms in total. The molecule has 4 N–H and O–H groups in total. The molecule has 6 aromatic rings. The third kappa shape index (κ3) is 6.27. The number of carbonyl (C=O) groups is 4. The van der Waals surface area contributed by atoms with Crippen LogP contribution in [0.4, 0.5) is 22.7 Å². The average Bonchev–Trinajstić information content (AvgIpc) is 3.82. The van der Waals surface area contributed by atoms with E-state index < -0.39 is 11.8 Å². The van der Waals surface area contributed by atoms with E-state index in [0.29, 0.717) is 82.7 Å². The molecule has 2 aromatic heterocycles. The van der Waals surface area contributed by atoms with Gasteiger partial charge >= 0.3 is 0 Å². The molecular formula is C40H34N10O6. The Morgan fingerprint density at radius 1 is 0.554 bits per heavy atom. The number of fused-ring (bicyclic) bond motifs is 2. The van der Waals surface area contributed by atoms with Crippen molar-refractivity contribution >= 4 is 46.4 Å². The summed E-state index contributed by atoms with van der Waals surface area (Å²) in [5, 5.41) is 17.6. The second kappa shape index (κ2) is 14.3. The van der Waals surface area contributed by atoms with Crippen LogP contribution in [0.15, 0.2) is 107 Å². The highest BCUT2D eigenvalue weighted by Gasteiger charge is 2.36. The number of primary amides is 2. The Hall–Kier alpha value is -7.62. The molecule has 8 rings (SSSR count). The van der Waals surface area contributed by atoms with Gasteiger partial charge in [-0.3, -0.25) is 19.2 Å². The largest absolute Gasteiger partial charge is 0.497 e. The molecule has 56 heavy (non-hydrogen) atoms. The van der Waals surface area contributed by atoms with Crippen LogP contribution in [0, 0.1) is 0 Å². The van der Waals surface area contributed by atoms with Gasteiger partial charge in [0, 0.05) is 35.6 Å². The van der Waals surface area contributed by atoms with Crippen molar-refractivity contribution in [3.8, 4) is 22.9 Å². The van der Waals surface area contributed by atoms with E-state index in [1.165, 1.54) is 9.36 Å². The molecule has 4 amide bonds. The monoisotopic (exact) mass is 750 g/mol. The van der Waals surface area contributed by atoms with E-state index in [1.54, 1.807) is 121 Å². The fourth-order valence-electron chi connectivity index (χ4n) is 6.94. The molecule has 4 heterocycles. The van der Waals surface area contributed by atoms with Gasteiger partial charge in [-0.05, 0) is 110 Å². The Labute approximate surface area is 319 Å². The lowest BCUT2D eigenvalue weighted by atomic mass is 10.0. The Morgan fingerprint density at radius 3 is 1.21 bits per heavy atom. The SMILES string of the molecule is COc1ccc(-n2nc(C(N)=O)c3c2C(=O)N(c2ccc(/N=N\c4ccc(N5CCc6c(C(N)=O)nn(-c7ccc(OC)cc7)c6C5=O)cc4)cc2)CC3)cc1. The van der Waals surface area contributed by atoms with Crippen molar-refractivity contribution in [3.63, 3.8) is 0 Å². The summed E-state index contributed by atoms with van der Waals surface area (Å²) in [6.07, 6.45) is 0.774. The zero-order valence-corrected chi connectivity index (χ0v) is 30.2. The summed E-state index contributed by atoms with van der Waals surface area (Å²) in [6.45, 7) is 0.648. The quantitative estimate of drug-likeness (QED) is 0.180. The number of nitrogens with two attached hydrogens (primary N) is 2. The van der Waals surface area contributed by atoms with Gasteiger partial charge in [-0.2, -0.15) is 20.4 Å². The van der Waals surface area contributed by atoms with Gasteiger partial charge in [-0.15, -0.1) is 0 Å². The number of carbonyl (C=O) groups excluding carboxylic acids is 4. The molecule has 0 aliphatic carbocycles. The predicted octanol–water partition coefficient (Wildman–Crippen LogP) is 5.09. The summed E-state index contributed by atoms with van der Waals surface area (Å²) < 4.78 is 13.4. The minimum Gasteiger partial charge on any atom is -0.497 e. The number of azo groups is 1. The van der Waals surface area contributed by atoms with Crippen LogP contribution in [0.2, 0.25) is 0 Å². The average molecular weight is 751 g/mol. The molecule has 0 fully saturated rings. The number of nitrogens with zero attached hydrogens (tertiary/aromatic N) is 8. The van der Waals surface area contributed by atoms with E-state index in [4.69, 9.17) is 20.9 Å². The highest BCUT2D eigenvalue weighted by atomic mass is 16.5. The number of aromatic nitrogens is 4. The Morgan fingerprint density at radius 2 is 0.893 bits per heavy atom. The smallest absolute Gasteiger partial charge is 0.277 e. The van der Waals surface area contributed by atoms with Crippen LogP contribution in [0.1, 0.15) is 53.1 Å². The number of hydrogen-bond acceptors (Lipinski definition) is 10. The van der Waals surface area contributed by atoms with Crippen molar-refractivity contribution in [1.29, 1.82) is 0 Å². The van der Waals surface area contributed by atoms with Gasteiger partial charge in [0.15, 0.2) is 11.4 Å². The molecule has 0 saturated heterocycles. The maximum atomic E-state index is 13.9. The first kappa shape index (κ1) is 35.4. The number of anilines is 2. The molecular weight excluding hydrogens is 717 g/mol. The van der Waals surface area contributed by atoms with E-state index in [0.717, 1.165) is 0 Å². The van der Waals surface area contributed by atoms with Gasteiger partial charge in [0.1, 0.15) is 22.9 Å². The van der Waals surface area contributed by atoms with Crippen molar-refractivity contribution in [2.24, 2.45) is 21.7 Å². The number of rotatable bonds is 10. The Balaban J connectivity index is 0.980. The second-order valence-electron chi connectivity index (χ2n) is 12.9. The van der Waals surface area contributed by atoms with Crippen LogP contribution in [-0.4, -0.2) is 70.5 Å².